The minimum Gasteiger partial charge on any atom is -0.463 e. The lowest BCUT2D eigenvalue weighted by Gasteiger charge is -2.29. The van der Waals surface area contributed by atoms with E-state index in [1.165, 1.54) is 11.8 Å². The number of para-hydroxylation sites is 1. The van der Waals surface area contributed by atoms with E-state index in [0.29, 0.717) is 22.2 Å². The highest BCUT2D eigenvalue weighted by atomic mass is 32.2. The maximum atomic E-state index is 12.9. The minimum absolute atomic E-state index is 0.236. The van der Waals surface area contributed by atoms with Crippen LogP contribution in [0.15, 0.2) is 77.4 Å². The third-order valence-corrected chi connectivity index (χ3v) is 5.99. The highest BCUT2D eigenvalue weighted by Crippen LogP contribution is 2.31. The standard InChI is InChI=1S/C23H23N5O3S/c1-3-31-21(29)19-17(25-22(30)26-20(19)16-10-5-4-6-11-16)13-32-23-27-24-14-28(23)18-12-8-7-9-15(18)2/h4-12,14,20H,3,13H2,1-2H3,(H2,25,26,30)/t20-/m1/s1. The third-order valence-electron chi connectivity index (χ3n) is 5.02. The summed E-state index contributed by atoms with van der Waals surface area (Å²) in [5, 5.41) is 14.6. The highest BCUT2D eigenvalue weighted by molar-refractivity contribution is 7.99. The van der Waals surface area contributed by atoms with Gasteiger partial charge in [0.1, 0.15) is 6.33 Å². The van der Waals surface area contributed by atoms with Crippen LogP contribution in [0.5, 0.6) is 0 Å². The van der Waals surface area contributed by atoms with Gasteiger partial charge >= 0.3 is 12.0 Å². The van der Waals surface area contributed by atoms with Crippen LogP contribution in [0.25, 0.3) is 5.69 Å². The van der Waals surface area contributed by atoms with Crippen LogP contribution in [0.4, 0.5) is 4.79 Å². The Labute approximate surface area is 190 Å². The first-order chi connectivity index (χ1) is 15.6. The summed E-state index contributed by atoms with van der Waals surface area (Å²) in [4.78, 5) is 25.3. The average molecular weight is 450 g/mol. The molecule has 1 atom stereocenters. The Kier molecular flexibility index (Phi) is 6.55. The molecule has 0 fully saturated rings. The van der Waals surface area contributed by atoms with E-state index in [4.69, 9.17) is 4.74 Å². The molecule has 0 unspecified atom stereocenters. The number of carbonyl (C=O) groups is 2. The fourth-order valence-electron chi connectivity index (χ4n) is 3.54. The van der Waals surface area contributed by atoms with Crippen LogP contribution in [-0.2, 0) is 9.53 Å². The number of carbonyl (C=O) groups excluding carboxylic acids is 2. The van der Waals surface area contributed by atoms with Gasteiger partial charge in [0, 0.05) is 11.4 Å². The molecular weight excluding hydrogens is 426 g/mol. The molecule has 1 aromatic heterocycles. The number of benzene rings is 2. The van der Waals surface area contributed by atoms with E-state index in [-0.39, 0.29) is 12.6 Å². The second-order valence-electron chi connectivity index (χ2n) is 7.11. The van der Waals surface area contributed by atoms with Gasteiger partial charge in [-0.05, 0) is 31.0 Å². The molecule has 0 radical (unpaired) electrons. The zero-order valence-corrected chi connectivity index (χ0v) is 18.6. The molecule has 2 heterocycles. The number of amides is 2. The van der Waals surface area contributed by atoms with Crippen LogP contribution < -0.4 is 10.6 Å². The Morgan fingerprint density at radius 1 is 1.16 bits per heavy atom. The van der Waals surface area contributed by atoms with Gasteiger partial charge in [0.15, 0.2) is 5.16 Å². The summed E-state index contributed by atoms with van der Waals surface area (Å²) >= 11 is 1.38. The summed E-state index contributed by atoms with van der Waals surface area (Å²) in [5.41, 5.74) is 3.73. The molecule has 3 aromatic rings. The largest absolute Gasteiger partial charge is 0.463 e. The lowest BCUT2D eigenvalue weighted by atomic mass is 9.95. The normalized spacial score (nSPS) is 15.8. The van der Waals surface area contributed by atoms with Crippen LogP contribution in [-0.4, -0.2) is 39.1 Å². The highest BCUT2D eigenvalue weighted by Gasteiger charge is 2.33. The molecule has 1 aliphatic heterocycles. The topological polar surface area (TPSA) is 98.1 Å². The molecule has 32 heavy (non-hydrogen) atoms. The lowest BCUT2D eigenvalue weighted by molar-refractivity contribution is -0.139. The van der Waals surface area contributed by atoms with Crippen LogP contribution in [0, 0.1) is 6.92 Å². The number of aryl methyl sites for hydroxylation is 1. The predicted octanol–water partition coefficient (Wildman–Crippen LogP) is 3.54. The predicted molar refractivity (Wildman–Crippen MR) is 121 cm³/mol. The van der Waals surface area contributed by atoms with Crippen LogP contribution in [0.3, 0.4) is 0 Å². The number of aromatic nitrogens is 3. The van der Waals surface area contributed by atoms with Crippen molar-refractivity contribution in [2.75, 3.05) is 12.4 Å². The Balaban J connectivity index is 1.67. The van der Waals surface area contributed by atoms with Gasteiger partial charge in [-0.1, -0.05) is 60.3 Å². The first-order valence-corrected chi connectivity index (χ1v) is 11.2. The second kappa shape index (κ2) is 9.69. The number of hydrogen-bond acceptors (Lipinski definition) is 6. The average Bonchev–Trinajstić information content (AvgIpc) is 3.26. The van der Waals surface area contributed by atoms with Crippen molar-refractivity contribution in [1.29, 1.82) is 0 Å². The smallest absolute Gasteiger partial charge is 0.338 e. The molecule has 164 valence electrons. The molecule has 2 N–H and O–H groups in total. The van der Waals surface area contributed by atoms with E-state index in [9.17, 15) is 9.59 Å². The number of esters is 1. The first kappa shape index (κ1) is 21.6. The number of hydrogen-bond donors (Lipinski definition) is 2. The van der Waals surface area contributed by atoms with E-state index in [0.717, 1.165) is 16.8 Å². The molecule has 2 amide bonds. The van der Waals surface area contributed by atoms with Crippen molar-refractivity contribution in [2.45, 2.75) is 25.0 Å². The fraction of sp³-hybridized carbons (Fsp3) is 0.217. The fourth-order valence-corrected chi connectivity index (χ4v) is 4.43. The van der Waals surface area contributed by atoms with Gasteiger partial charge in [-0.25, -0.2) is 9.59 Å². The van der Waals surface area contributed by atoms with E-state index in [1.54, 1.807) is 13.3 Å². The number of thioether (sulfide) groups is 1. The quantitative estimate of drug-likeness (QED) is 0.423. The molecule has 2 aromatic carbocycles. The van der Waals surface area contributed by atoms with Crippen molar-refractivity contribution in [1.82, 2.24) is 25.4 Å². The SMILES string of the molecule is CCOC(=O)C1=C(CSc2nncn2-c2ccccc2C)NC(=O)N[C@@H]1c1ccccc1. The lowest BCUT2D eigenvalue weighted by Crippen LogP contribution is -2.46. The monoisotopic (exact) mass is 449 g/mol. The molecular formula is C23H23N5O3S. The minimum atomic E-state index is -0.603. The number of nitrogens with zero attached hydrogens (tertiary/aromatic N) is 3. The van der Waals surface area contributed by atoms with E-state index < -0.39 is 12.0 Å². The third kappa shape index (κ3) is 4.52. The summed E-state index contributed by atoms with van der Waals surface area (Å²) in [6.07, 6.45) is 1.65. The van der Waals surface area contributed by atoms with Gasteiger partial charge in [0.2, 0.25) is 0 Å². The van der Waals surface area contributed by atoms with Crippen molar-refractivity contribution in [3.05, 3.63) is 83.3 Å². The number of rotatable bonds is 7. The molecule has 0 bridgehead atoms. The van der Waals surface area contributed by atoms with Crippen molar-refractivity contribution in [3.8, 4) is 5.69 Å². The summed E-state index contributed by atoms with van der Waals surface area (Å²) in [5.74, 6) is -0.153. The molecule has 4 rings (SSSR count). The Morgan fingerprint density at radius 3 is 2.66 bits per heavy atom. The van der Waals surface area contributed by atoms with Gasteiger partial charge in [-0.2, -0.15) is 0 Å². The van der Waals surface area contributed by atoms with Gasteiger partial charge in [0.25, 0.3) is 0 Å². The second-order valence-corrected chi connectivity index (χ2v) is 8.06. The number of urea groups is 1. The van der Waals surface area contributed by atoms with Gasteiger partial charge in [-0.3, -0.25) is 4.57 Å². The molecule has 0 spiro atoms. The molecule has 0 saturated carbocycles. The van der Waals surface area contributed by atoms with Gasteiger partial charge < -0.3 is 15.4 Å². The van der Waals surface area contributed by atoms with E-state index >= 15 is 0 Å². The number of nitrogens with one attached hydrogen (secondary N) is 2. The first-order valence-electron chi connectivity index (χ1n) is 10.2. The summed E-state index contributed by atoms with van der Waals surface area (Å²) in [6, 6.07) is 16.3. The maximum Gasteiger partial charge on any atom is 0.338 e. The summed E-state index contributed by atoms with van der Waals surface area (Å²) in [6.45, 7) is 4.01. The van der Waals surface area contributed by atoms with Gasteiger partial charge in [-0.15, -0.1) is 10.2 Å². The van der Waals surface area contributed by atoms with Crippen molar-refractivity contribution < 1.29 is 14.3 Å². The molecule has 9 heteroatoms. The van der Waals surface area contributed by atoms with Crippen LogP contribution >= 0.6 is 11.8 Å². The molecule has 0 saturated heterocycles. The van der Waals surface area contributed by atoms with Crippen LogP contribution in [0.2, 0.25) is 0 Å². The molecule has 8 nitrogen and oxygen atoms in total. The molecule has 1 aliphatic rings. The van der Waals surface area contributed by atoms with Crippen molar-refractivity contribution in [2.24, 2.45) is 0 Å². The Hall–Kier alpha value is -3.59. The molecule has 0 aliphatic carbocycles. The Morgan fingerprint density at radius 2 is 1.91 bits per heavy atom. The van der Waals surface area contributed by atoms with Crippen molar-refractivity contribution >= 4 is 23.8 Å². The van der Waals surface area contributed by atoms with Crippen LogP contribution in [0.1, 0.15) is 24.1 Å². The zero-order valence-electron chi connectivity index (χ0n) is 17.7. The van der Waals surface area contributed by atoms with Crippen molar-refractivity contribution in [3.63, 3.8) is 0 Å². The van der Waals surface area contributed by atoms with E-state index in [1.807, 2.05) is 66.1 Å². The van der Waals surface area contributed by atoms with E-state index in [2.05, 4.69) is 20.8 Å². The summed E-state index contributed by atoms with van der Waals surface area (Å²) < 4.78 is 7.20. The zero-order chi connectivity index (χ0) is 22.5. The summed E-state index contributed by atoms with van der Waals surface area (Å²) in [7, 11) is 0. The Bertz CT molecular complexity index is 1160. The number of ether oxygens (including phenoxy) is 1. The van der Waals surface area contributed by atoms with Gasteiger partial charge in [0.05, 0.1) is 23.9 Å². The maximum absolute atomic E-state index is 12.9.